The molecular weight excluding hydrogens is 318 g/mol. The van der Waals surface area contributed by atoms with Crippen LogP contribution in [0, 0.1) is 11.6 Å². The van der Waals surface area contributed by atoms with Gasteiger partial charge in [-0.2, -0.15) is 4.39 Å². The standard InChI is InChI=1S/C18H18F2O4/c1-22-13-4-5-16(23-2)14(9-13)12(10-21)6-11-7-15(19)18(20)17(8-11)24-3/h4-5,7-10,12H,6H2,1-3H3. The first-order valence-corrected chi connectivity index (χ1v) is 7.23. The van der Waals surface area contributed by atoms with Gasteiger partial charge in [-0.05, 0) is 42.3 Å². The highest BCUT2D eigenvalue weighted by Gasteiger charge is 2.19. The molecule has 1 atom stereocenters. The van der Waals surface area contributed by atoms with Gasteiger partial charge in [0.25, 0.3) is 0 Å². The predicted octanol–water partition coefficient (Wildman–Crippen LogP) is 3.52. The second-order valence-corrected chi connectivity index (χ2v) is 5.15. The van der Waals surface area contributed by atoms with Gasteiger partial charge in [0.2, 0.25) is 5.82 Å². The second-order valence-electron chi connectivity index (χ2n) is 5.15. The molecular formula is C18H18F2O4. The fraction of sp³-hybridized carbons (Fsp3) is 0.278. The highest BCUT2D eigenvalue weighted by atomic mass is 19.2. The largest absolute Gasteiger partial charge is 0.497 e. The van der Waals surface area contributed by atoms with Gasteiger partial charge in [0, 0.05) is 11.5 Å². The Morgan fingerprint density at radius 2 is 1.71 bits per heavy atom. The maximum absolute atomic E-state index is 13.7. The number of halogens is 2. The van der Waals surface area contributed by atoms with E-state index in [0.717, 1.165) is 12.4 Å². The summed E-state index contributed by atoms with van der Waals surface area (Å²) in [5.41, 5.74) is 1.04. The highest BCUT2D eigenvalue weighted by Crippen LogP contribution is 2.33. The number of methoxy groups -OCH3 is 3. The summed E-state index contributed by atoms with van der Waals surface area (Å²) in [6.07, 6.45) is 0.908. The van der Waals surface area contributed by atoms with Gasteiger partial charge < -0.3 is 19.0 Å². The maximum atomic E-state index is 13.7. The van der Waals surface area contributed by atoms with Gasteiger partial charge in [-0.3, -0.25) is 0 Å². The molecule has 0 saturated carbocycles. The van der Waals surface area contributed by atoms with Crippen LogP contribution in [0.5, 0.6) is 17.2 Å². The van der Waals surface area contributed by atoms with E-state index < -0.39 is 17.6 Å². The van der Waals surface area contributed by atoms with E-state index in [2.05, 4.69) is 0 Å². The third-order valence-electron chi connectivity index (χ3n) is 3.73. The molecule has 2 aromatic carbocycles. The molecule has 2 aromatic rings. The minimum absolute atomic E-state index is 0.167. The fourth-order valence-electron chi connectivity index (χ4n) is 2.50. The van der Waals surface area contributed by atoms with Crippen molar-refractivity contribution in [3.05, 3.63) is 53.1 Å². The number of hydrogen-bond donors (Lipinski definition) is 0. The number of hydrogen-bond acceptors (Lipinski definition) is 4. The average molecular weight is 336 g/mol. The molecule has 4 nitrogen and oxygen atoms in total. The number of benzene rings is 2. The summed E-state index contributed by atoms with van der Waals surface area (Å²) in [4.78, 5) is 11.6. The lowest BCUT2D eigenvalue weighted by atomic mass is 9.92. The van der Waals surface area contributed by atoms with E-state index in [1.807, 2.05) is 0 Å². The van der Waals surface area contributed by atoms with Gasteiger partial charge in [-0.1, -0.05) is 0 Å². The Hall–Kier alpha value is -2.63. The third kappa shape index (κ3) is 3.64. The van der Waals surface area contributed by atoms with Crippen molar-refractivity contribution < 1.29 is 27.8 Å². The fourth-order valence-corrected chi connectivity index (χ4v) is 2.50. The molecule has 0 aliphatic heterocycles. The molecule has 0 spiro atoms. The number of rotatable bonds is 7. The van der Waals surface area contributed by atoms with Crippen LogP contribution in [-0.2, 0) is 11.2 Å². The monoisotopic (exact) mass is 336 g/mol. The molecule has 0 aliphatic rings. The van der Waals surface area contributed by atoms with Crippen LogP contribution in [0.1, 0.15) is 17.0 Å². The summed E-state index contributed by atoms with van der Waals surface area (Å²) in [5.74, 6) is -1.80. The van der Waals surface area contributed by atoms with Crippen LogP contribution in [0.2, 0.25) is 0 Å². The quantitative estimate of drug-likeness (QED) is 0.726. The lowest BCUT2D eigenvalue weighted by Gasteiger charge is -2.16. The van der Waals surface area contributed by atoms with Crippen LogP contribution in [0.4, 0.5) is 8.78 Å². The SMILES string of the molecule is COc1ccc(OC)c(C(C=O)Cc2cc(F)c(F)c(OC)c2)c1. The molecule has 0 heterocycles. The van der Waals surface area contributed by atoms with Crippen LogP contribution < -0.4 is 14.2 Å². The summed E-state index contributed by atoms with van der Waals surface area (Å²) in [5, 5.41) is 0. The van der Waals surface area contributed by atoms with Crippen molar-refractivity contribution >= 4 is 6.29 Å². The Morgan fingerprint density at radius 3 is 2.29 bits per heavy atom. The van der Waals surface area contributed by atoms with Crippen LogP contribution in [0.3, 0.4) is 0 Å². The smallest absolute Gasteiger partial charge is 0.200 e. The molecule has 0 aromatic heterocycles. The Morgan fingerprint density at radius 1 is 1.00 bits per heavy atom. The number of carbonyl (C=O) groups is 1. The first-order chi connectivity index (χ1) is 11.5. The lowest BCUT2D eigenvalue weighted by Crippen LogP contribution is -2.08. The Bertz CT molecular complexity index is 731. The van der Waals surface area contributed by atoms with Crippen LogP contribution in [0.15, 0.2) is 30.3 Å². The molecule has 0 radical (unpaired) electrons. The van der Waals surface area contributed by atoms with Crippen LogP contribution in [0.25, 0.3) is 0 Å². The van der Waals surface area contributed by atoms with Gasteiger partial charge in [0.05, 0.1) is 21.3 Å². The molecule has 0 bridgehead atoms. The van der Waals surface area contributed by atoms with E-state index in [1.54, 1.807) is 18.2 Å². The summed E-state index contributed by atoms with van der Waals surface area (Å²) in [6, 6.07) is 7.53. The minimum atomic E-state index is -1.05. The van der Waals surface area contributed by atoms with Gasteiger partial charge in [0.15, 0.2) is 11.6 Å². The predicted molar refractivity (Wildman–Crippen MR) is 85.0 cm³/mol. The zero-order valence-corrected chi connectivity index (χ0v) is 13.6. The lowest BCUT2D eigenvalue weighted by molar-refractivity contribution is -0.109. The number of aldehydes is 1. The van der Waals surface area contributed by atoms with E-state index in [0.29, 0.717) is 22.6 Å². The topological polar surface area (TPSA) is 44.8 Å². The zero-order valence-electron chi connectivity index (χ0n) is 13.6. The molecule has 0 N–H and O–H groups in total. The normalized spacial score (nSPS) is 11.7. The first-order valence-electron chi connectivity index (χ1n) is 7.23. The molecule has 1 unspecified atom stereocenters. The van der Waals surface area contributed by atoms with Crippen molar-refractivity contribution in [2.45, 2.75) is 12.3 Å². The van der Waals surface area contributed by atoms with Gasteiger partial charge in [-0.15, -0.1) is 0 Å². The number of carbonyl (C=O) groups excluding carboxylic acids is 1. The summed E-state index contributed by atoms with van der Waals surface area (Å²) >= 11 is 0. The summed E-state index contributed by atoms with van der Waals surface area (Å²) in [7, 11) is 4.26. The van der Waals surface area contributed by atoms with Gasteiger partial charge >= 0.3 is 0 Å². The molecule has 24 heavy (non-hydrogen) atoms. The van der Waals surface area contributed by atoms with E-state index >= 15 is 0 Å². The maximum Gasteiger partial charge on any atom is 0.200 e. The van der Waals surface area contributed by atoms with Crippen molar-refractivity contribution in [2.75, 3.05) is 21.3 Å². The van der Waals surface area contributed by atoms with Crippen LogP contribution >= 0.6 is 0 Å². The zero-order chi connectivity index (χ0) is 17.7. The third-order valence-corrected chi connectivity index (χ3v) is 3.73. The minimum Gasteiger partial charge on any atom is -0.497 e. The van der Waals surface area contributed by atoms with Gasteiger partial charge in [-0.25, -0.2) is 4.39 Å². The van der Waals surface area contributed by atoms with Crippen molar-refractivity contribution in [3.8, 4) is 17.2 Å². The van der Waals surface area contributed by atoms with E-state index in [-0.39, 0.29) is 12.2 Å². The molecule has 0 amide bonds. The van der Waals surface area contributed by atoms with Crippen molar-refractivity contribution in [1.29, 1.82) is 0 Å². The second kappa shape index (κ2) is 7.77. The first kappa shape index (κ1) is 17.7. The van der Waals surface area contributed by atoms with Crippen molar-refractivity contribution in [1.82, 2.24) is 0 Å². The molecule has 0 saturated heterocycles. The van der Waals surface area contributed by atoms with Gasteiger partial charge in [0.1, 0.15) is 17.8 Å². The summed E-state index contributed by atoms with van der Waals surface area (Å²) < 4.78 is 42.5. The molecule has 2 rings (SSSR count). The Labute approximate surface area is 139 Å². The van der Waals surface area contributed by atoms with Crippen molar-refractivity contribution in [3.63, 3.8) is 0 Å². The average Bonchev–Trinajstić information content (AvgIpc) is 2.61. The molecule has 128 valence electrons. The summed E-state index contributed by atoms with van der Waals surface area (Å²) in [6.45, 7) is 0. The number of ether oxygens (including phenoxy) is 3. The molecule has 0 fully saturated rings. The Balaban J connectivity index is 2.40. The van der Waals surface area contributed by atoms with E-state index in [1.165, 1.54) is 27.4 Å². The molecule has 0 aliphatic carbocycles. The van der Waals surface area contributed by atoms with Crippen molar-refractivity contribution in [2.24, 2.45) is 0 Å². The van der Waals surface area contributed by atoms with Crippen LogP contribution in [-0.4, -0.2) is 27.6 Å². The highest BCUT2D eigenvalue weighted by molar-refractivity contribution is 5.66. The Kier molecular flexibility index (Phi) is 5.73. The molecule has 6 heteroatoms. The van der Waals surface area contributed by atoms with E-state index in [4.69, 9.17) is 14.2 Å². The van der Waals surface area contributed by atoms with E-state index in [9.17, 15) is 13.6 Å².